The molecule has 0 bridgehead atoms. The lowest BCUT2D eigenvalue weighted by molar-refractivity contribution is 0.0889. The molecule has 16 heavy (non-hydrogen) atoms. The molecule has 1 aromatic rings. The average Bonchev–Trinajstić information content (AvgIpc) is 2.76. The lowest BCUT2D eigenvalue weighted by Gasteiger charge is -2.16. The largest absolute Gasteiger partial charge is 0.346 e. The first-order valence-electron chi connectivity index (χ1n) is 5.59. The Hall–Kier alpha value is -0.900. The molecular formula is C12H16N2OS. The number of hydrogen-bond donors (Lipinski definition) is 0. The quantitative estimate of drug-likeness (QED) is 0.699. The van der Waals surface area contributed by atoms with Gasteiger partial charge in [0.2, 0.25) is 0 Å². The van der Waals surface area contributed by atoms with Crippen molar-refractivity contribution in [1.29, 1.82) is 0 Å². The zero-order valence-corrected chi connectivity index (χ0v) is 10.7. The van der Waals surface area contributed by atoms with Crippen LogP contribution in [0.25, 0.3) is 0 Å². The third kappa shape index (κ3) is 1.25. The minimum absolute atomic E-state index is 0.183. The average molecular weight is 236 g/mol. The maximum atomic E-state index is 12.0. The molecule has 1 amide bonds. The van der Waals surface area contributed by atoms with Crippen LogP contribution >= 0.6 is 11.9 Å². The summed E-state index contributed by atoms with van der Waals surface area (Å²) in [6.07, 6.45) is 3.05. The highest BCUT2D eigenvalue weighted by atomic mass is 32.2. The summed E-state index contributed by atoms with van der Waals surface area (Å²) in [7, 11) is 0. The van der Waals surface area contributed by atoms with E-state index in [-0.39, 0.29) is 5.91 Å². The van der Waals surface area contributed by atoms with Crippen LogP contribution in [0, 0.1) is 5.41 Å². The molecule has 0 atom stereocenters. The van der Waals surface area contributed by atoms with Crippen LogP contribution in [0.2, 0.25) is 0 Å². The number of rotatable bonds is 1. The zero-order valence-electron chi connectivity index (χ0n) is 9.91. The van der Waals surface area contributed by atoms with Crippen LogP contribution in [0.15, 0.2) is 6.07 Å². The Morgan fingerprint density at radius 3 is 2.88 bits per heavy atom. The number of hydrogen-bond acceptors (Lipinski definition) is 2. The normalized spacial score (nSPS) is 21.4. The van der Waals surface area contributed by atoms with Gasteiger partial charge in [-0.15, -0.1) is 0 Å². The molecule has 3 heterocycles. The maximum Gasteiger partial charge on any atom is 0.265 e. The maximum absolute atomic E-state index is 12.0. The second kappa shape index (κ2) is 3.06. The second-order valence-corrected chi connectivity index (χ2v) is 6.25. The van der Waals surface area contributed by atoms with E-state index in [2.05, 4.69) is 24.5 Å². The summed E-state index contributed by atoms with van der Waals surface area (Å²) in [5.41, 5.74) is 3.84. The van der Waals surface area contributed by atoms with Crippen LogP contribution in [0.5, 0.6) is 0 Å². The van der Waals surface area contributed by atoms with E-state index in [9.17, 15) is 4.79 Å². The molecule has 1 aromatic heterocycles. The van der Waals surface area contributed by atoms with E-state index in [1.54, 1.807) is 0 Å². The number of aromatic nitrogens is 1. The monoisotopic (exact) mass is 236 g/mol. The third-order valence-corrected chi connectivity index (χ3v) is 4.25. The topological polar surface area (TPSA) is 25.2 Å². The fourth-order valence-corrected chi connectivity index (χ4v) is 3.33. The number of carbonyl (C=O) groups excluding carboxylic acids is 1. The van der Waals surface area contributed by atoms with Crippen LogP contribution in [-0.4, -0.2) is 21.0 Å². The first-order chi connectivity index (χ1) is 7.52. The summed E-state index contributed by atoms with van der Waals surface area (Å²) in [6.45, 7) is 6.39. The summed E-state index contributed by atoms with van der Waals surface area (Å²) in [6, 6.07) is 2.10. The fourth-order valence-electron chi connectivity index (χ4n) is 2.81. The van der Waals surface area contributed by atoms with Gasteiger partial charge in [0, 0.05) is 18.5 Å². The summed E-state index contributed by atoms with van der Waals surface area (Å²) < 4.78 is 4.19. The standard InChI is InChI=1S/C12H16N2OS/c1-12(2)5-8-4-9-10(13(8)7-12)6-14(16-3)11(9)15/h4H,5-7H2,1-3H3. The minimum atomic E-state index is 0.183. The van der Waals surface area contributed by atoms with E-state index >= 15 is 0 Å². The van der Waals surface area contributed by atoms with Crippen LogP contribution in [0.3, 0.4) is 0 Å². The minimum Gasteiger partial charge on any atom is -0.346 e. The third-order valence-electron chi connectivity index (χ3n) is 3.51. The molecule has 0 N–H and O–H groups in total. The van der Waals surface area contributed by atoms with Gasteiger partial charge in [-0.25, -0.2) is 0 Å². The summed E-state index contributed by atoms with van der Waals surface area (Å²) in [4.78, 5) is 12.0. The van der Waals surface area contributed by atoms with Crippen molar-refractivity contribution >= 4 is 17.9 Å². The van der Waals surface area contributed by atoms with Crippen molar-refractivity contribution in [2.45, 2.75) is 33.4 Å². The van der Waals surface area contributed by atoms with Crippen molar-refractivity contribution in [3.05, 3.63) is 23.0 Å². The van der Waals surface area contributed by atoms with Crippen molar-refractivity contribution in [3.8, 4) is 0 Å². The molecule has 2 aliphatic rings. The van der Waals surface area contributed by atoms with Gasteiger partial charge in [-0.2, -0.15) is 0 Å². The van der Waals surface area contributed by atoms with Crippen molar-refractivity contribution < 1.29 is 4.79 Å². The van der Waals surface area contributed by atoms with Crippen molar-refractivity contribution in [3.63, 3.8) is 0 Å². The number of amides is 1. The van der Waals surface area contributed by atoms with Crippen molar-refractivity contribution in [2.24, 2.45) is 5.41 Å². The molecule has 4 heteroatoms. The van der Waals surface area contributed by atoms with Gasteiger partial charge in [-0.1, -0.05) is 25.8 Å². The lowest BCUT2D eigenvalue weighted by atomic mass is 9.91. The van der Waals surface area contributed by atoms with E-state index in [1.807, 2.05) is 10.6 Å². The molecular weight excluding hydrogens is 220 g/mol. The Balaban J connectivity index is 2.03. The van der Waals surface area contributed by atoms with Crippen LogP contribution in [0.4, 0.5) is 0 Å². The molecule has 0 aliphatic carbocycles. The SMILES string of the molecule is CSN1Cc2c(cc3n2CC(C)(C)C3)C1=O. The van der Waals surface area contributed by atoms with Crippen LogP contribution < -0.4 is 0 Å². The zero-order chi connectivity index (χ0) is 11.5. The summed E-state index contributed by atoms with van der Waals surface area (Å²) >= 11 is 1.52. The molecule has 0 fully saturated rings. The van der Waals surface area contributed by atoms with Crippen molar-refractivity contribution in [1.82, 2.24) is 8.87 Å². The smallest absolute Gasteiger partial charge is 0.265 e. The highest BCUT2D eigenvalue weighted by Crippen LogP contribution is 2.38. The highest BCUT2D eigenvalue weighted by Gasteiger charge is 2.37. The Kier molecular flexibility index (Phi) is 1.97. The van der Waals surface area contributed by atoms with Gasteiger partial charge in [-0.3, -0.25) is 9.10 Å². The fraction of sp³-hybridized carbons (Fsp3) is 0.583. The van der Waals surface area contributed by atoms with E-state index in [4.69, 9.17) is 0 Å². The van der Waals surface area contributed by atoms with E-state index in [0.29, 0.717) is 5.41 Å². The predicted molar refractivity (Wildman–Crippen MR) is 65.3 cm³/mol. The second-order valence-electron chi connectivity index (χ2n) is 5.45. The van der Waals surface area contributed by atoms with Gasteiger partial charge in [-0.05, 0) is 17.9 Å². The van der Waals surface area contributed by atoms with Gasteiger partial charge in [0.25, 0.3) is 5.91 Å². The van der Waals surface area contributed by atoms with E-state index in [0.717, 1.165) is 25.1 Å². The molecule has 0 unspecified atom stereocenters. The van der Waals surface area contributed by atoms with Crippen LogP contribution in [0.1, 0.15) is 35.6 Å². The molecule has 86 valence electrons. The Morgan fingerprint density at radius 2 is 2.19 bits per heavy atom. The number of fused-ring (bicyclic) bond motifs is 3. The molecule has 0 saturated heterocycles. The molecule has 0 saturated carbocycles. The molecule has 2 aliphatic heterocycles. The van der Waals surface area contributed by atoms with Gasteiger partial charge in [0.1, 0.15) is 0 Å². The molecule has 0 spiro atoms. The first kappa shape index (κ1) is 10.3. The van der Waals surface area contributed by atoms with Crippen LogP contribution in [-0.2, 0) is 19.5 Å². The summed E-state index contributed by atoms with van der Waals surface area (Å²) in [5.74, 6) is 0.183. The van der Waals surface area contributed by atoms with Gasteiger partial charge >= 0.3 is 0 Å². The Labute approximate surface area is 99.9 Å². The molecule has 3 nitrogen and oxygen atoms in total. The molecule has 0 radical (unpaired) electrons. The Morgan fingerprint density at radius 1 is 1.44 bits per heavy atom. The molecule has 3 rings (SSSR count). The van der Waals surface area contributed by atoms with E-state index in [1.165, 1.54) is 23.3 Å². The summed E-state index contributed by atoms with van der Waals surface area (Å²) in [5, 5.41) is 0. The number of carbonyl (C=O) groups is 1. The lowest BCUT2D eigenvalue weighted by Crippen LogP contribution is -2.15. The predicted octanol–water partition coefficient (Wildman–Crippen LogP) is 2.30. The Bertz CT molecular complexity index is 476. The van der Waals surface area contributed by atoms with Gasteiger partial charge < -0.3 is 4.57 Å². The van der Waals surface area contributed by atoms with Crippen molar-refractivity contribution in [2.75, 3.05) is 6.26 Å². The number of nitrogens with zero attached hydrogens (tertiary/aromatic N) is 2. The molecule has 0 aromatic carbocycles. The van der Waals surface area contributed by atoms with Gasteiger partial charge in [0.15, 0.2) is 0 Å². The highest BCUT2D eigenvalue weighted by molar-refractivity contribution is 7.96. The van der Waals surface area contributed by atoms with Gasteiger partial charge in [0.05, 0.1) is 17.8 Å². The first-order valence-corrected chi connectivity index (χ1v) is 6.77. The van der Waals surface area contributed by atoms with E-state index < -0.39 is 0 Å².